The zero-order valence-corrected chi connectivity index (χ0v) is 16.0. The lowest BCUT2D eigenvalue weighted by Gasteiger charge is -2.27. The molecule has 0 aliphatic carbocycles. The molecule has 0 radical (unpaired) electrons. The van der Waals surface area contributed by atoms with Crippen molar-refractivity contribution in [3.8, 4) is 0 Å². The average Bonchev–Trinajstić information content (AvgIpc) is 3.11. The van der Waals surface area contributed by atoms with Crippen LogP contribution in [0, 0.1) is 5.92 Å². The molecule has 9 nitrogen and oxygen atoms in total. The zero-order valence-electron chi connectivity index (χ0n) is 15.1. The van der Waals surface area contributed by atoms with Crippen LogP contribution < -0.4 is 16.4 Å². The predicted octanol–water partition coefficient (Wildman–Crippen LogP) is -1.03. The maximum Gasteiger partial charge on any atom is 0.326 e. The molecule has 1 fully saturated rings. The van der Waals surface area contributed by atoms with Gasteiger partial charge < -0.3 is 26.4 Å². The van der Waals surface area contributed by atoms with Crippen LogP contribution in [-0.2, 0) is 19.2 Å². The molecule has 0 spiro atoms. The van der Waals surface area contributed by atoms with Crippen LogP contribution in [-0.4, -0.2) is 70.7 Å². The maximum atomic E-state index is 12.5. The number of thiol groups is 1. The highest BCUT2D eigenvalue weighted by atomic mass is 32.1. The number of carboxylic acid groups (broad SMARTS) is 1. The minimum absolute atomic E-state index is 0.154. The largest absolute Gasteiger partial charge is 0.480 e. The van der Waals surface area contributed by atoms with Crippen molar-refractivity contribution in [3.05, 3.63) is 0 Å². The number of aliphatic carboxylic acids is 1. The number of rotatable bonds is 9. The van der Waals surface area contributed by atoms with E-state index in [1.165, 1.54) is 4.90 Å². The summed E-state index contributed by atoms with van der Waals surface area (Å²) in [5.74, 6) is -2.56. The number of carboxylic acids is 1. The monoisotopic (exact) mass is 388 g/mol. The van der Waals surface area contributed by atoms with Crippen LogP contribution in [0.2, 0.25) is 0 Å². The number of hydrogen-bond donors (Lipinski definition) is 5. The van der Waals surface area contributed by atoms with Gasteiger partial charge in [0.2, 0.25) is 17.7 Å². The quantitative estimate of drug-likeness (QED) is 0.320. The van der Waals surface area contributed by atoms with E-state index >= 15 is 0 Å². The molecule has 3 amide bonds. The Bertz CT molecular complexity index is 545. The second-order valence-electron chi connectivity index (χ2n) is 6.46. The minimum atomic E-state index is -1.10. The second kappa shape index (κ2) is 10.4. The summed E-state index contributed by atoms with van der Waals surface area (Å²) in [6, 6.07) is -2.54. The summed E-state index contributed by atoms with van der Waals surface area (Å²) in [4.78, 5) is 49.2. The van der Waals surface area contributed by atoms with Gasteiger partial charge in [0.05, 0.1) is 12.6 Å². The van der Waals surface area contributed by atoms with Crippen molar-refractivity contribution < 1.29 is 24.3 Å². The minimum Gasteiger partial charge on any atom is -0.480 e. The van der Waals surface area contributed by atoms with Crippen molar-refractivity contribution in [1.82, 2.24) is 15.5 Å². The van der Waals surface area contributed by atoms with Gasteiger partial charge in [0.25, 0.3) is 0 Å². The molecule has 1 aliphatic heterocycles. The Labute approximate surface area is 158 Å². The van der Waals surface area contributed by atoms with Crippen LogP contribution in [0.4, 0.5) is 0 Å². The Morgan fingerprint density at radius 2 is 2.00 bits per heavy atom. The SMILES string of the molecule is CCC(C)C(NC(=O)C1CCCN1C(=O)CNC(=O)C(N)CS)C(=O)O. The Morgan fingerprint density at radius 3 is 2.54 bits per heavy atom. The molecule has 148 valence electrons. The molecule has 0 aromatic heterocycles. The fourth-order valence-corrected chi connectivity index (χ4v) is 2.91. The molecule has 0 saturated carbocycles. The van der Waals surface area contributed by atoms with Crippen LogP contribution in [0.25, 0.3) is 0 Å². The normalized spacial score (nSPS) is 20.2. The first-order valence-corrected chi connectivity index (χ1v) is 9.32. The molecule has 1 saturated heterocycles. The van der Waals surface area contributed by atoms with Crippen molar-refractivity contribution in [3.63, 3.8) is 0 Å². The molecule has 5 N–H and O–H groups in total. The molecule has 0 aromatic rings. The van der Waals surface area contributed by atoms with Crippen molar-refractivity contribution in [1.29, 1.82) is 0 Å². The number of nitrogens with zero attached hydrogens (tertiary/aromatic N) is 1. The summed E-state index contributed by atoms with van der Waals surface area (Å²) in [5.41, 5.74) is 5.52. The highest BCUT2D eigenvalue weighted by Gasteiger charge is 2.36. The number of likely N-dealkylation sites (tertiary alicyclic amines) is 1. The molecule has 26 heavy (non-hydrogen) atoms. The number of nitrogens with two attached hydrogens (primary N) is 1. The Balaban J connectivity index is 2.68. The molecule has 0 aromatic carbocycles. The van der Waals surface area contributed by atoms with Gasteiger partial charge in [-0.25, -0.2) is 4.79 Å². The first-order valence-electron chi connectivity index (χ1n) is 8.69. The predicted molar refractivity (Wildman–Crippen MR) is 98.6 cm³/mol. The van der Waals surface area contributed by atoms with E-state index in [9.17, 15) is 24.3 Å². The van der Waals surface area contributed by atoms with E-state index in [1.54, 1.807) is 6.92 Å². The van der Waals surface area contributed by atoms with Gasteiger partial charge in [0, 0.05) is 12.3 Å². The molecule has 1 heterocycles. The van der Waals surface area contributed by atoms with Crippen LogP contribution in [0.5, 0.6) is 0 Å². The van der Waals surface area contributed by atoms with Crippen LogP contribution in [0.3, 0.4) is 0 Å². The molecule has 1 rings (SSSR count). The van der Waals surface area contributed by atoms with Gasteiger partial charge in [-0.2, -0.15) is 12.6 Å². The van der Waals surface area contributed by atoms with E-state index < -0.39 is 41.8 Å². The summed E-state index contributed by atoms with van der Waals surface area (Å²) < 4.78 is 0. The summed E-state index contributed by atoms with van der Waals surface area (Å²) >= 11 is 3.92. The van der Waals surface area contributed by atoms with Gasteiger partial charge in [-0.1, -0.05) is 20.3 Å². The molecule has 4 atom stereocenters. The summed E-state index contributed by atoms with van der Waals surface area (Å²) in [7, 11) is 0. The molecule has 0 bridgehead atoms. The number of carbonyl (C=O) groups is 4. The third kappa shape index (κ3) is 5.87. The molecule has 4 unspecified atom stereocenters. The van der Waals surface area contributed by atoms with Crippen LogP contribution >= 0.6 is 12.6 Å². The van der Waals surface area contributed by atoms with Gasteiger partial charge >= 0.3 is 5.97 Å². The second-order valence-corrected chi connectivity index (χ2v) is 6.83. The Morgan fingerprint density at radius 1 is 1.35 bits per heavy atom. The van der Waals surface area contributed by atoms with E-state index in [-0.39, 0.29) is 18.2 Å². The average molecular weight is 388 g/mol. The van der Waals surface area contributed by atoms with Crippen LogP contribution in [0.15, 0.2) is 0 Å². The Kier molecular flexibility index (Phi) is 8.86. The van der Waals surface area contributed by atoms with E-state index in [4.69, 9.17) is 5.73 Å². The topological polar surface area (TPSA) is 142 Å². The first-order chi connectivity index (χ1) is 12.2. The standard InChI is InChI=1S/C16H28N4O5S/c1-3-9(2)13(16(24)25)19-15(23)11-5-4-6-20(11)12(21)7-18-14(22)10(17)8-26/h9-11,13,26H,3-8,17H2,1-2H3,(H,18,22)(H,19,23)(H,24,25). The van der Waals surface area contributed by atoms with Crippen molar-refractivity contribution in [2.45, 2.75) is 51.2 Å². The number of carbonyl (C=O) groups excluding carboxylic acids is 3. The summed E-state index contributed by atoms with van der Waals surface area (Å²) in [5, 5.41) is 14.3. The van der Waals surface area contributed by atoms with Gasteiger partial charge in [-0.3, -0.25) is 14.4 Å². The number of hydrogen-bond acceptors (Lipinski definition) is 6. The zero-order chi connectivity index (χ0) is 19.9. The number of amides is 3. The van der Waals surface area contributed by atoms with Crippen molar-refractivity contribution in [2.24, 2.45) is 11.7 Å². The van der Waals surface area contributed by atoms with Gasteiger partial charge in [-0.05, 0) is 18.8 Å². The fraction of sp³-hybridized carbons (Fsp3) is 0.750. The smallest absolute Gasteiger partial charge is 0.326 e. The van der Waals surface area contributed by atoms with E-state index in [1.807, 2.05) is 6.92 Å². The van der Waals surface area contributed by atoms with Crippen LogP contribution in [0.1, 0.15) is 33.1 Å². The summed E-state index contributed by atoms with van der Waals surface area (Å²) in [6.07, 6.45) is 1.69. The lowest BCUT2D eigenvalue weighted by atomic mass is 9.99. The fourth-order valence-electron chi connectivity index (χ4n) is 2.75. The third-order valence-electron chi connectivity index (χ3n) is 4.60. The number of nitrogens with one attached hydrogen (secondary N) is 2. The van der Waals surface area contributed by atoms with E-state index in [0.29, 0.717) is 25.8 Å². The lowest BCUT2D eigenvalue weighted by Crippen LogP contribution is -2.54. The highest BCUT2D eigenvalue weighted by molar-refractivity contribution is 7.80. The van der Waals surface area contributed by atoms with Gasteiger partial charge in [-0.15, -0.1) is 0 Å². The molecule has 1 aliphatic rings. The van der Waals surface area contributed by atoms with Gasteiger partial charge in [0.1, 0.15) is 12.1 Å². The van der Waals surface area contributed by atoms with E-state index in [0.717, 1.165) is 0 Å². The maximum absolute atomic E-state index is 12.5. The summed E-state index contributed by atoms with van der Waals surface area (Å²) in [6.45, 7) is 3.71. The molecule has 10 heteroatoms. The molecular formula is C16H28N4O5S. The van der Waals surface area contributed by atoms with Crippen molar-refractivity contribution >= 4 is 36.3 Å². The van der Waals surface area contributed by atoms with E-state index in [2.05, 4.69) is 23.3 Å². The first kappa shape index (κ1) is 22.2. The van der Waals surface area contributed by atoms with Gasteiger partial charge in [0.15, 0.2) is 0 Å². The Hall–Kier alpha value is -1.81. The molecular weight excluding hydrogens is 360 g/mol. The van der Waals surface area contributed by atoms with Crippen molar-refractivity contribution in [2.75, 3.05) is 18.8 Å². The highest BCUT2D eigenvalue weighted by Crippen LogP contribution is 2.18. The third-order valence-corrected chi connectivity index (χ3v) is 4.99. The lowest BCUT2D eigenvalue weighted by molar-refractivity contribution is -0.145.